The molecule has 0 atom stereocenters. The highest BCUT2D eigenvalue weighted by molar-refractivity contribution is 8.22. The van der Waals surface area contributed by atoms with Gasteiger partial charge in [-0.15, -0.1) is 11.3 Å². The van der Waals surface area contributed by atoms with Crippen LogP contribution in [0.15, 0.2) is 17.5 Å². The van der Waals surface area contributed by atoms with Gasteiger partial charge >= 0.3 is 5.97 Å². The van der Waals surface area contributed by atoms with Crippen LogP contribution in [-0.4, -0.2) is 23.2 Å². The van der Waals surface area contributed by atoms with Crippen LogP contribution in [0.25, 0.3) is 0 Å². The standard InChI is InChI=1S/C11H15NO2S3/c1-14-10(13)5-3-7-17-11(15)12-8-9-4-2-6-16-9/h2,4,6H,3,5,7-8H2,1H3,(H,12,15). The molecule has 0 aliphatic rings. The first kappa shape index (κ1) is 14.5. The third-order valence-corrected chi connectivity index (χ3v) is 4.25. The van der Waals surface area contributed by atoms with E-state index >= 15 is 0 Å². The zero-order valence-electron chi connectivity index (χ0n) is 9.60. The first-order valence-corrected chi connectivity index (χ1v) is 7.49. The number of thiophene rings is 1. The van der Waals surface area contributed by atoms with Gasteiger partial charge in [0.2, 0.25) is 0 Å². The first-order valence-electron chi connectivity index (χ1n) is 5.22. The number of rotatable bonds is 6. The number of methoxy groups -OCH3 is 1. The van der Waals surface area contributed by atoms with Crippen molar-refractivity contribution in [1.29, 1.82) is 0 Å². The predicted octanol–water partition coefficient (Wildman–Crippen LogP) is 2.81. The average molecular weight is 289 g/mol. The molecule has 1 N–H and O–H groups in total. The maximum Gasteiger partial charge on any atom is 0.305 e. The van der Waals surface area contributed by atoms with Crippen molar-refractivity contribution in [3.63, 3.8) is 0 Å². The summed E-state index contributed by atoms with van der Waals surface area (Å²) in [6.07, 6.45) is 1.25. The summed E-state index contributed by atoms with van der Waals surface area (Å²) in [4.78, 5) is 12.1. The molecule has 1 aromatic rings. The molecule has 1 rings (SSSR count). The Labute approximate surface area is 115 Å². The van der Waals surface area contributed by atoms with Gasteiger partial charge in [0.15, 0.2) is 0 Å². The lowest BCUT2D eigenvalue weighted by Crippen LogP contribution is -2.17. The van der Waals surface area contributed by atoms with Gasteiger partial charge in [-0.3, -0.25) is 4.79 Å². The summed E-state index contributed by atoms with van der Waals surface area (Å²) < 4.78 is 5.34. The maximum absolute atomic E-state index is 10.9. The van der Waals surface area contributed by atoms with Crippen molar-refractivity contribution in [3.05, 3.63) is 22.4 Å². The number of thioether (sulfide) groups is 1. The van der Waals surface area contributed by atoms with Crippen molar-refractivity contribution >= 4 is 45.6 Å². The molecule has 94 valence electrons. The molecule has 0 bridgehead atoms. The van der Waals surface area contributed by atoms with E-state index in [0.717, 1.165) is 23.0 Å². The molecule has 0 unspecified atom stereocenters. The molecule has 6 heteroatoms. The van der Waals surface area contributed by atoms with Crippen LogP contribution in [0, 0.1) is 0 Å². The van der Waals surface area contributed by atoms with Crippen LogP contribution < -0.4 is 5.32 Å². The van der Waals surface area contributed by atoms with Crippen LogP contribution in [-0.2, 0) is 16.1 Å². The largest absolute Gasteiger partial charge is 0.469 e. The Balaban J connectivity index is 2.03. The smallest absolute Gasteiger partial charge is 0.305 e. The van der Waals surface area contributed by atoms with Crippen molar-refractivity contribution in [2.45, 2.75) is 19.4 Å². The summed E-state index contributed by atoms with van der Waals surface area (Å²) in [5.74, 6) is 0.675. The summed E-state index contributed by atoms with van der Waals surface area (Å²) in [5.41, 5.74) is 0. The van der Waals surface area contributed by atoms with Crippen molar-refractivity contribution < 1.29 is 9.53 Å². The van der Waals surface area contributed by atoms with Crippen molar-refractivity contribution in [2.24, 2.45) is 0 Å². The summed E-state index contributed by atoms with van der Waals surface area (Å²) in [5, 5.41) is 5.22. The molecule has 0 saturated carbocycles. The van der Waals surface area contributed by atoms with Gasteiger partial charge in [-0.25, -0.2) is 0 Å². The van der Waals surface area contributed by atoms with Crippen LogP contribution in [0.3, 0.4) is 0 Å². The number of hydrogen-bond donors (Lipinski definition) is 1. The predicted molar refractivity (Wildman–Crippen MR) is 77.5 cm³/mol. The van der Waals surface area contributed by atoms with E-state index in [1.807, 2.05) is 11.4 Å². The Morgan fingerprint density at radius 1 is 1.65 bits per heavy atom. The number of esters is 1. The third kappa shape index (κ3) is 6.65. The zero-order chi connectivity index (χ0) is 12.5. The molecule has 0 saturated heterocycles. The fourth-order valence-corrected chi connectivity index (χ4v) is 2.72. The first-order chi connectivity index (χ1) is 8.22. The van der Waals surface area contributed by atoms with Gasteiger partial charge in [0.1, 0.15) is 4.32 Å². The van der Waals surface area contributed by atoms with Gasteiger partial charge in [-0.05, 0) is 17.9 Å². The lowest BCUT2D eigenvalue weighted by atomic mass is 10.3. The van der Waals surface area contributed by atoms with Crippen molar-refractivity contribution in [2.75, 3.05) is 12.9 Å². The maximum atomic E-state index is 10.9. The Morgan fingerprint density at radius 2 is 2.47 bits per heavy atom. The summed E-state index contributed by atoms with van der Waals surface area (Å²) in [6.45, 7) is 0.778. The molecule has 0 amide bonds. The van der Waals surface area contributed by atoms with Gasteiger partial charge in [-0.2, -0.15) is 0 Å². The quantitative estimate of drug-likeness (QED) is 0.495. The summed E-state index contributed by atoms with van der Waals surface area (Å²) in [6, 6.07) is 4.09. The molecule has 17 heavy (non-hydrogen) atoms. The SMILES string of the molecule is COC(=O)CCCSC(=S)NCc1cccs1. The van der Waals surface area contributed by atoms with Crippen LogP contribution in [0.4, 0.5) is 0 Å². The van der Waals surface area contributed by atoms with Gasteiger partial charge < -0.3 is 10.1 Å². The molecular weight excluding hydrogens is 274 g/mol. The van der Waals surface area contributed by atoms with E-state index in [4.69, 9.17) is 12.2 Å². The topological polar surface area (TPSA) is 38.3 Å². The summed E-state index contributed by atoms with van der Waals surface area (Å²) in [7, 11) is 1.41. The van der Waals surface area contributed by atoms with Crippen LogP contribution in [0.5, 0.6) is 0 Å². The van der Waals surface area contributed by atoms with Gasteiger partial charge in [-0.1, -0.05) is 30.0 Å². The number of carbonyl (C=O) groups is 1. The van der Waals surface area contributed by atoms with Crippen LogP contribution >= 0.6 is 35.3 Å². The van der Waals surface area contributed by atoms with Gasteiger partial charge in [0.05, 0.1) is 13.7 Å². The van der Waals surface area contributed by atoms with Crippen LogP contribution in [0.2, 0.25) is 0 Å². The third-order valence-electron chi connectivity index (χ3n) is 1.97. The molecular formula is C11H15NO2S3. The van der Waals surface area contributed by atoms with Gasteiger partial charge in [0, 0.05) is 17.1 Å². The van der Waals surface area contributed by atoms with E-state index in [0.29, 0.717) is 6.42 Å². The molecule has 0 aromatic carbocycles. The molecule has 0 spiro atoms. The molecule has 1 heterocycles. The monoisotopic (exact) mass is 289 g/mol. The number of ether oxygens (including phenoxy) is 1. The lowest BCUT2D eigenvalue weighted by Gasteiger charge is -2.05. The Bertz CT molecular complexity index is 352. The second-order valence-corrected chi connectivity index (χ2v) is 6.05. The van der Waals surface area contributed by atoms with E-state index in [-0.39, 0.29) is 5.97 Å². The minimum Gasteiger partial charge on any atom is -0.469 e. The molecule has 0 fully saturated rings. The fraction of sp³-hybridized carbons (Fsp3) is 0.455. The fourth-order valence-electron chi connectivity index (χ4n) is 1.11. The van der Waals surface area contributed by atoms with Crippen molar-refractivity contribution in [1.82, 2.24) is 5.32 Å². The molecule has 0 radical (unpaired) electrons. The Morgan fingerprint density at radius 3 is 3.12 bits per heavy atom. The minimum absolute atomic E-state index is 0.164. The Hall–Kier alpha value is -0.590. The number of thiocarbonyl (C=S) groups is 1. The molecule has 3 nitrogen and oxygen atoms in total. The normalized spacial score (nSPS) is 9.94. The zero-order valence-corrected chi connectivity index (χ0v) is 12.1. The molecule has 0 aliphatic heterocycles. The van der Waals surface area contributed by atoms with Crippen LogP contribution in [0.1, 0.15) is 17.7 Å². The highest BCUT2D eigenvalue weighted by Gasteiger charge is 2.02. The Kier molecular flexibility index (Phi) is 7.23. The van der Waals surface area contributed by atoms with E-state index in [2.05, 4.69) is 16.1 Å². The van der Waals surface area contributed by atoms with Crippen molar-refractivity contribution in [3.8, 4) is 0 Å². The van der Waals surface area contributed by atoms with E-state index in [1.54, 1.807) is 23.1 Å². The van der Waals surface area contributed by atoms with Gasteiger partial charge in [0.25, 0.3) is 0 Å². The minimum atomic E-state index is -0.164. The molecule has 1 aromatic heterocycles. The number of hydrogen-bond acceptors (Lipinski definition) is 5. The van der Waals surface area contributed by atoms with E-state index < -0.39 is 0 Å². The second-order valence-electron chi connectivity index (χ2n) is 3.25. The summed E-state index contributed by atoms with van der Waals surface area (Å²) >= 11 is 8.45. The number of carbonyl (C=O) groups excluding carboxylic acids is 1. The number of nitrogens with one attached hydrogen (secondary N) is 1. The average Bonchev–Trinajstić information content (AvgIpc) is 2.84. The van der Waals surface area contributed by atoms with E-state index in [1.165, 1.54) is 12.0 Å². The molecule has 0 aliphatic carbocycles. The van der Waals surface area contributed by atoms with E-state index in [9.17, 15) is 4.79 Å². The lowest BCUT2D eigenvalue weighted by molar-refractivity contribution is -0.140. The highest BCUT2D eigenvalue weighted by Crippen LogP contribution is 2.10. The second kappa shape index (κ2) is 8.49. The highest BCUT2D eigenvalue weighted by atomic mass is 32.2.